The van der Waals surface area contributed by atoms with Crippen LogP contribution in [0.4, 0.5) is 5.13 Å². The largest absolute Gasteiger partial charge is 0.380 e. The van der Waals surface area contributed by atoms with E-state index in [1.807, 2.05) is 6.20 Å². The molecular weight excluding hydrogens is 246 g/mol. The second kappa shape index (κ2) is 5.99. The molecule has 2 rings (SSSR count). The van der Waals surface area contributed by atoms with E-state index in [-0.39, 0.29) is 5.54 Å². The molecule has 1 aliphatic heterocycles. The highest BCUT2D eigenvalue weighted by Gasteiger charge is 2.14. The van der Waals surface area contributed by atoms with Gasteiger partial charge >= 0.3 is 0 Å². The third-order valence-electron chi connectivity index (χ3n) is 2.83. The van der Waals surface area contributed by atoms with E-state index in [4.69, 9.17) is 4.74 Å². The number of aromatic nitrogens is 1. The number of hydrogen-bond donors (Lipinski definition) is 1. The number of anilines is 1. The normalized spacial score (nSPS) is 17.8. The van der Waals surface area contributed by atoms with Gasteiger partial charge in [-0.05, 0) is 27.2 Å². The first kappa shape index (κ1) is 13.8. The van der Waals surface area contributed by atoms with E-state index in [1.54, 1.807) is 11.3 Å². The molecule has 1 aromatic rings. The molecule has 1 N–H and O–H groups in total. The Labute approximate surface area is 113 Å². The average molecular weight is 269 g/mol. The fraction of sp³-hybridized carbons (Fsp3) is 0.769. The molecular formula is C13H23N3OS. The maximum absolute atomic E-state index is 5.47. The molecule has 0 aromatic carbocycles. The Kier molecular flexibility index (Phi) is 4.59. The minimum absolute atomic E-state index is 0.153. The van der Waals surface area contributed by atoms with Gasteiger partial charge in [-0.25, -0.2) is 4.98 Å². The summed E-state index contributed by atoms with van der Waals surface area (Å²) in [5.74, 6) is 0. The minimum atomic E-state index is 0.153. The molecule has 0 amide bonds. The summed E-state index contributed by atoms with van der Waals surface area (Å²) in [7, 11) is 0. The molecule has 102 valence electrons. The van der Waals surface area contributed by atoms with Crippen molar-refractivity contribution in [1.29, 1.82) is 0 Å². The van der Waals surface area contributed by atoms with Crippen LogP contribution in [0.5, 0.6) is 0 Å². The monoisotopic (exact) mass is 269 g/mol. The van der Waals surface area contributed by atoms with Gasteiger partial charge in [-0.2, -0.15) is 0 Å². The van der Waals surface area contributed by atoms with Crippen LogP contribution in [0.1, 0.15) is 32.1 Å². The standard InChI is InChI=1S/C13H23N3OS/c1-13(2,3)15-10-11-9-14-12(18-11)16-5-4-7-17-8-6-16/h9,15H,4-8,10H2,1-3H3. The van der Waals surface area contributed by atoms with E-state index < -0.39 is 0 Å². The van der Waals surface area contributed by atoms with E-state index in [0.717, 1.165) is 44.4 Å². The number of nitrogens with zero attached hydrogens (tertiary/aromatic N) is 2. The zero-order valence-corrected chi connectivity index (χ0v) is 12.3. The zero-order valence-electron chi connectivity index (χ0n) is 11.5. The van der Waals surface area contributed by atoms with E-state index in [2.05, 4.69) is 36.0 Å². The van der Waals surface area contributed by atoms with Gasteiger partial charge in [-0.1, -0.05) is 0 Å². The number of ether oxygens (including phenoxy) is 1. The minimum Gasteiger partial charge on any atom is -0.380 e. The fourth-order valence-electron chi connectivity index (χ4n) is 1.81. The molecule has 1 aromatic heterocycles. The Bertz CT molecular complexity index is 365. The van der Waals surface area contributed by atoms with Crippen molar-refractivity contribution >= 4 is 16.5 Å². The van der Waals surface area contributed by atoms with E-state index >= 15 is 0 Å². The van der Waals surface area contributed by atoms with Gasteiger partial charge in [0.1, 0.15) is 0 Å². The Balaban J connectivity index is 1.92. The summed E-state index contributed by atoms with van der Waals surface area (Å²) in [6.45, 7) is 11.1. The van der Waals surface area contributed by atoms with Crippen LogP contribution in [0.15, 0.2) is 6.20 Å². The first-order valence-corrected chi connectivity index (χ1v) is 7.39. The maximum atomic E-state index is 5.47. The Hall–Kier alpha value is -0.650. The van der Waals surface area contributed by atoms with Crippen molar-refractivity contribution in [3.63, 3.8) is 0 Å². The third-order valence-corrected chi connectivity index (χ3v) is 3.89. The molecule has 1 aliphatic rings. The van der Waals surface area contributed by atoms with Gasteiger partial charge in [0.25, 0.3) is 0 Å². The van der Waals surface area contributed by atoms with Crippen molar-refractivity contribution in [1.82, 2.24) is 10.3 Å². The number of rotatable bonds is 3. The first-order valence-electron chi connectivity index (χ1n) is 6.57. The van der Waals surface area contributed by atoms with Crippen LogP contribution in [0.25, 0.3) is 0 Å². The molecule has 0 atom stereocenters. The molecule has 2 heterocycles. The predicted molar refractivity (Wildman–Crippen MR) is 76.4 cm³/mol. The first-order chi connectivity index (χ1) is 8.54. The van der Waals surface area contributed by atoms with Crippen LogP contribution in [0, 0.1) is 0 Å². The van der Waals surface area contributed by atoms with E-state index in [9.17, 15) is 0 Å². The van der Waals surface area contributed by atoms with Gasteiger partial charge in [-0.3, -0.25) is 0 Å². The smallest absolute Gasteiger partial charge is 0.185 e. The molecule has 0 bridgehead atoms. The average Bonchev–Trinajstić information content (AvgIpc) is 2.60. The van der Waals surface area contributed by atoms with Crippen LogP contribution in [0.2, 0.25) is 0 Å². The van der Waals surface area contributed by atoms with Gasteiger partial charge in [0.2, 0.25) is 0 Å². The molecule has 1 fully saturated rings. The van der Waals surface area contributed by atoms with Crippen molar-refractivity contribution in [3.05, 3.63) is 11.1 Å². The summed E-state index contributed by atoms with van der Waals surface area (Å²) in [6.07, 6.45) is 3.08. The van der Waals surface area contributed by atoms with Crippen molar-refractivity contribution in [2.75, 3.05) is 31.2 Å². The van der Waals surface area contributed by atoms with Crippen molar-refractivity contribution in [2.24, 2.45) is 0 Å². The van der Waals surface area contributed by atoms with Gasteiger partial charge < -0.3 is 15.0 Å². The molecule has 0 spiro atoms. The SMILES string of the molecule is CC(C)(C)NCc1cnc(N2CCCOCC2)s1. The molecule has 0 radical (unpaired) electrons. The highest BCUT2D eigenvalue weighted by atomic mass is 32.1. The van der Waals surface area contributed by atoms with Crippen LogP contribution >= 0.6 is 11.3 Å². The second-order valence-corrected chi connectivity index (χ2v) is 6.76. The third kappa shape index (κ3) is 4.23. The van der Waals surface area contributed by atoms with Crippen LogP contribution in [-0.4, -0.2) is 36.8 Å². The zero-order chi connectivity index (χ0) is 13.0. The molecule has 0 aliphatic carbocycles. The lowest BCUT2D eigenvalue weighted by Gasteiger charge is -2.20. The maximum Gasteiger partial charge on any atom is 0.185 e. The van der Waals surface area contributed by atoms with Crippen LogP contribution in [-0.2, 0) is 11.3 Å². The van der Waals surface area contributed by atoms with Crippen LogP contribution < -0.4 is 10.2 Å². The number of hydrogen-bond acceptors (Lipinski definition) is 5. The lowest BCUT2D eigenvalue weighted by atomic mass is 10.1. The van der Waals surface area contributed by atoms with Gasteiger partial charge in [0.05, 0.1) is 6.61 Å². The fourth-order valence-corrected chi connectivity index (χ4v) is 2.72. The second-order valence-electron chi connectivity index (χ2n) is 5.67. The quantitative estimate of drug-likeness (QED) is 0.913. The number of nitrogens with one attached hydrogen (secondary N) is 1. The summed E-state index contributed by atoms with van der Waals surface area (Å²) < 4.78 is 5.47. The van der Waals surface area contributed by atoms with Crippen molar-refractivity contribution in [2.45, 2.75) is 39.3 Å². The Morgan fingerprint density at radius 1 is 1.39 bits per heavy atom. The molecule has 5 heteroatoms. The molecule has 18 heavy (non-hydrogen) atoms. The Morgan fingerprint density at radius 2 is 2.22 bits per heavy atom. The van der Waals surface area contributed by atoms with Crippen LogP contribution in [0.3, 0.4) is 0 Å². The predicted octanol–water partition coefficient (Wildman–Crippen LogP) is 2.26. The highest BCUT2D eigenvalue weighted by molar-refractivity contribution is 7.15. The summed E-state index contributed by atoms with van der Waals surface area (Å²) in [5, 5.41) is 4.62. The van der Waals surface area contributed by atoms with Gasteiger partial charge in [-0.15, -0.1) is 11.3 Å². The van der Waals surface area contributed by atoms with Gasteiger partial charge in [0.15, 0.2) is 5.13 Å². The molecule has 4 nitrogen and oxygen atoms in total. The summed E-state index contributed by atoms with van der Waals surface area (Å²) in [4.78, 5) is 8.16. The highest BCUT2D eigenvalue weighted by Crippen LogP contribution is 2.23. The van der Waals surface area contributed by atoms with Crippen molar-refractivity contribution < 1.29 is 4.74 Å². The van der Waals surface area contributed by atoms with E-state index in [0.29, 0.717) is 0 Å². The molecule has 0 saturated carbocycles. The van der Waals surface area contributed by atoms with E-state index in [1.165, 1.54) is 4.88 Å². The Morgan fingerprint density at radius 3 is 3.00 bits per heavy atom. The lowest BCUT2D eigenvalue weighted by Crippen LogP contribution is -2.34. The van der Waals surface area contributed by atoms with Crippen molar-refractivity contribution in [3.8, 4) is 0 Å². The number of thiazole rings is 1. The lowest BCUT2D eigenvalue weighted by molar-refractivity contribution is 0.152. The van der Waals surface area contributed by atoms with Gasteiger partial charge in [0, 0.05) is 42.9 Å². The summed E-state index contributed by atoms with van der Waals surface area (Å²) in [6, 6.07) is 0. The summed E-state index contributed by atoms with van der Waals surface area (Å²) >= 11 is 1.79. The molecule has 1 saturated heterocycles. The topological polar surface area (TPSA) is 37.4 Å². The summed E-state index contributed by atoms with van der Waals surface area (Å²) in [5.41, 5.74) is 0.153. The molecule has 0 unspecified atom stereocenters.